The van der Waals surface area contributed by atoms with Crippen molar-refractivity contribution in [2.45, 2.75) is 46.8 Å². The Hall–Kier alpha value is -3.76. The quantitative estimate of drug-likeness (QED) is 0.210. The van der Waals surface area contributed by atoms with Gasteiger partial charge in [0, 0.05) is 63.3 Å². The SMILES string of the molecule is CCCOCCN1CC(C(=O)CNc2ccc(COC(C)=O)cc2)CC(C(=O)CNc2ccc(COC(C)=O)cc2)C1. The number of benzene rings is 2. The van der Waals surface area contributed by atoms with E-state index < -0.39 is 0 Å². The molecule has 228 valence electrons. The highest BCUT2D eigenvalue weighted by atomic mass is 16.5. The lowest BCUT2D eigenvalue weighted by molar-refractivity contribution is -0.143. The van der Waals surface area contributed by atoms with Crippen molar-refractivity contribution < 1.29 is 33.4 Å². The van der Waals surface area contributed by atoms with Crippen molar-refractivity contribution in [2.24, 2.45) is 11.8 Å². The number of hydrogen-bond donors (Lipinski definition) is 2. The molecule has 1 aliphatic rings. The third-order valence-corrected chi connectivity index (χ3v) is 7.06. The Morgan fingerprint density at radius 1 is 0.738 bits per heavy atom. The van der Waals surface area contributed by atoms with Crippen molar-refractivity contribution >= 4 is 34.9 Å². The molecule has 0 amide bonds. The predicted molar refractivity (Wildman–Crippen MR) is 160 cm³/mol. The van der Waals surface area contributed by atoms with Gasteiger partial charge in [-0.1, -0.05) is 31.2 Å². The summed E-state index contributed by atoms with van der Waals surface area (Å²) in [4.78, 5) is 50.8. The Morgan fingerprint density at radius 3 is 1.60 bits per heavy atom. The van der Waals surface area contributed by atoms with Gasteiger partial charge in [0.1, 0.15) is 13.2 Å². The maximum absolute atomic E-state index is 13.3. The van der Waals surface area contributed by atoms with Crippen LogP contribution in [0.1, 0.15) is 44.7 Å². The molecule has 10 nitrogen and oxygen atoms in total. The summed E-state index contributed by atoms with van der Waals surface area (Å²) in [5.74, 6) is -1.08. The highest BCUT2D eigenvalue weighted by molar-refractivity contribution is 5.89. The first kappa shape index (κ1) is 32.8. The standard InChI is InChI=1S/C32H43N3O7/c1-4-14-40-15-13-35-19-27(31(38)17-33-29-9-5-25(6-10-29)21-41-23(2)36)16-28(20-35)32(39)18-34-30-11-7-26(8-12-30)22-42-24(3)37/h5-12,27-28,33-34H,4,13-22H2,1-3H3. The molecule has 0 spiro atoms. The highest BCUT2D eigenvalue weighted by Gasteiger charge is 2.34. The van der Waals surface area contributed by atoms with Crippen LogP contribution >= 0.6 is 0 Å². The minimum absolute atomic E-state index is 0.0623. The fraction of sp³-hybridized carbons (Fsp3) is 0.500. The first-order valence-electron chi connectivity index (χ1n) is 14.5. The van der Waals surface area contributed by atoms with E-state index >= 15 is 0 Å². The first-order valence-corrected chi connectivity index (χ1v) is 14.5. The molecular formula is C32H43N3O7. The second kappa shape index (κ2) is 17.3. The summed E-state index contributed by atoms with van der Waals surface area (Å²) in [6.45, 7) is 8.65. The fourth-order valence-corrected chi connectivity index (χ4v) is 4.75. The van der Waals surface area contributed by atoms with Gasteiger partial charge in [-0.25, -0.2) is 0 Å². The average molecular weight is 582 g/mol. The van der Waals surface area contributed by atoms with Crippen molar-refractivity contribution in [1.29, 1.82) is 0 Å². The van der Waals surface area contributed by atoms with Gasteiger partial charge in [-0.2, -0.15) is 0 Å². The molecule has 42 heavy (non-hydrogen) atoms. The third kappa shape index (κ3) is 11.6. The summed E-state index contributed by atoms with van der Waals surface area (Å²) >= 11 is 0. The number of carbonyl (C=O) groups is 4. The Morgan fingerprint density at radius 2 is 1.19 bits per heavy atom. The van der Waals surface area contributed by atoms with Gasteiger partial charge in [0.15, 0.2) is 11.6 Å². The monoisotopic (exact) mass is 581 g/mol. The summed E-state index contributed by atoms with van der Waals surface area (Å²) in [6.07, 6.45) is 1.45. The zero-order chi connectivity index (χ0) is 30.3. The molecule has 3 rings (SSSR count). The van der Waals surface area contributed by atoms with E-state index in [1.165, 1.54) is 13.8 Å². The maximum atomic E-state index is 13.3. The molecule has 1 heterocycles. The number of ketones is 2. The molecule has 0 bridgehead atoms. The molecule has 0 saturated carbocycles. The molecular weight excluding hydrogens is 538 g/mol. The van der Waals surface area contributed by atoms with Gasteiger partial charge in [-0.3, -0.25) is 24.1 Å². The second-order valence-corrected chi connectivity index (χ2v) is 10.6. The average Bonchev–Trinajstić information content (AvgIpc) is 2.99. The molecule has 2 unspecified atom stereocenters. The second-order valence-electron chi connectivity index (χ2n) is 10.6. The van der Waals surface area contributed by atoms with Crippen LogP contribution in [0.3, 0.4) is 0 Å². The fourth-order valence-electron chi connectivity index (χ4n) is 4.75. The molecule has 0 radical (unpaired) electrons. The number of nitrogens with zero attached hydrogens (tertiary/aromatic N) is 1. The molecule has 1 aliphatic heterocycles. The number of rotatable bonds is 17. The van der Waals surface area contributed by atoms with Gasteiger partial charge in [0.25, 0.3) is 0 Å². The van der Waals surface area contributed by atoms with Crippen LogP contribution in [0, 0.1) is 11.8 Å². The van der Waals surface area contributed by atoms with E-state index in [-0.39, 0.29) is 61.6 Å². The maximum Gasteiger partial charge on any atom is 0.302 e. The Bertz CT molecular complexity index is 1080. The Labute approximate surface area is 248 Å². The summed E-state index contributed by atoms with van der Waals surface area (Å²) < 4.78 is 15.7. The molecule has 10 heteroatoms. The lowest BCUT2D eigenvalue weighted by Gasteiger charge is -2.36. The van der Waals surface area contributed by atoms with Gasteiger partial charge < -0.3 is 24.8 Å². The third-order valence-electron chi connectivity index (χ3n) is 7.06. The number of hydrogen-bond acceptors (Lipinski definition) is 10. The van der Waals surface area contributed by atoms with Crippen LogP contribution in [0.25, 0.3) is 0 Å². The van der Waals surface area contributed by atoms with Gasteiger partial charge in [0.2, 0.25) is 0 Å². The van der Waals surface area contributed by atoms with Crippen molar-refractivity contribution in [3.63, 3.8) is 0 Å². The zero-order valence-electron chi connectivity index (χ0n) is 24.9. The lowest BCUT2D eigenvalue weighted by atomic mass is 9.84. The summed E-state index contributed by atoms with van der Waals surface area (Å²) in [7, 11) is 0. The van der Waals surface area contributed by atoms with E-state index in [9.17, 15) is 19.2 Å². The van der Waals surface area contributed by atoms with Crippen molar-refractivity contribution in [1.82, 2.24) is 4.90 Å². The zero-order valence-corrected chi connectivity index (χ0v) is 24.9. The highest BCUT2D eigenvalue weighted by Crippen LogP contribution is 2.24. The van der Waals surface area contributed by atoms with E-state index in [4.69, 9.17) is 14.2 Å². The summed E-state index contributed by atoms with van der Waals surface area (Å²) in [6, 6.07) is 14.8. The summed E-state index contributed by atoms with van der Waals surface area (Å²) in [5, 5.41) is 6.39. The minimum atomic E-state index is -0.333. The van der Waals surface area contributed by atoms with Gasteiger partial charge >= 0.3 is 11.9 Å². The first-order chi connectivity index (χ1) is 20.2. The molecule has 2 atom stereocenters. The minimum Gasteiger partial charge on any atom is -0.461 e. The van der Waals surface area contributed by atoms with Crippen LogP contribution in [-0.2, 0) is 46.6 Å². The van der Waals surface area contributed by atoms with E-state index in [2.05, 4.69) is 22.5 Å². The van der Waals surface area contributed by atoms with Crippen LogP contribution in [0.2, 0.25) is 0 Å². The smallest absolute Gasteiger partial charge is 0.302 e. The van der Waals surface area contributed by atoms with E-state index in [1.54, 1.807) is 0 Å². The van der Waals surface area contributed by atoms with E-state index in [1.807, 2.05) is 48.5 Å². The molecule has 2 aromatic rings. The van der Waals surface area contributed by atoms with Gasteiger partial charge in [-0.05, 0) is 48.2 Å². The van der Waals surface area contributed by atoms with Crippen LogP contribution < -0.4 is 10.6 Å². The number of anilines is 2. The number of esters is 2. The largest absolute Gasteiger partial charge is 0.461 e. The van der Waals surface area contributed by atoms with Crippen molar-refractivity contribution in [3.8, 4) is 0 Å². The topological polar surface area (TPSA) is 123 Å². The normalized spacial score (nSPS) is 16.8. The van der Waals surface area contributed by atoms with Crippen LogP contribution in [0.5, 0.6) is 0 Å². The number of likely N-dealkylation sites (tertiary alicyclic amines) is 1. The number of ether oxygens (including phenoxy) is 3. The summed E-state index contributed by atoms with van der Waals surface area (Å²) in [5.41, 5.74) is 3.32. The van der Waals surface area contributed by atoms with Crippen LogP contribution in [-0.4, -0.2) is 74.3 Å². The lowest BCUT2D eigenvalue weighted by Crippen LogP contribution is -2.48. The van der Waals surface area contributed by atoms with Gasteiger partial charge in [0.05, 0.1) is 19.7 Å². The molecule has 1 fully saturated rings. The Balaban J connectivity index is 1.55. The molecule has 2 aromatic carbocycles. The van der Waals surface area contributed by atoms with Crippen LogP contribution in [0.4, 0.5) is 11.4 Å². The predicted octanol–water partition coefficient (Wildman–Crippen LogP) is 3.84. The van der Waals surface area contributed by atoms with E-state index in [0.29, 0.717) is 39.3 Å². The number of Topliss-reactive ketones (excluding diaryl/α,β-unsaturated/α-hetero) is 2. The molecule has 0 aliphatic carbocycles. The molecule has 2 N–H and O–H groups in total. The van der Waals surface area contributed by atoms with Gasteiger partial charge in [-0.15, -0.1) is 0 Å². The number of nitrogens with one attached hydrogen (secondary N) is 2. The molecule has 1 saturated heterocycles. The van der Waals surface area contributed by atoms with Crippen molar-refractivity contribution in [2.75, 3.05) is 56.6 Å². The number of piperidine rings is 1. The van der Waals surface area contributed by atoms with E-state index in [0.717, 1.165) is 28.9 Å². The van der Waals surface area contributed by atoms with Crippen molar-refractivity contribution in [3.05, 3.63) is 59.7 Å². The van der Waals surface area contributed by atoms with Crippen LogP contribution in [0.15, 0.2) is 48.5 Å². The molecule has 0 aromatic heterocycles. The number of carbonyl (C=O) groups excluding carboxylic acids is 4. The Kier molecular flexibility index (Phi) is 13.5.